The van der Waals surface area contributed by atoms with E-state index in [4.69, 9.17) is 9.47 Å². The van der Waals surface area contributed by atoms with Crippen LogP contribution in [0.1, 0.15) is 33.1 Å². The van der Waals surface area contributed by atoms with Crippen molar-refractivity contribution in [1.82, 2.24) is 24.5 Å². The Labute approximate surface area is 164 Å². The molecule has 0 unspecified atom stereocenters. The number of rotatable bonds is 11. The summed E-state index contributed by atoms with van der Waals surface area (Å²) in [6, 6.07) is 3.68. The Morgan fingerprint density at radius 1 is 1.18 bits per heavy atom. The Hall–Kier alpha value is -3.16. The van der Waals surface area contributed by atoms with Crippen molar-refractivity contribution in [1.29, 1.82) is 0 Å². The number of hydrogen-bond donors (Lipinski definition) is 1. The van der Waals surface area contributed by atoms with E-state index in [1.807, 2.05) is 23.6 Å². The predicted molar refractivity (Wildman–Crippen MR) is 109 cm³/mol. The molecule has 0 atom stereocenters. The lowest BCUT2D eigenvalue weighted by Gasteiger charge is -2.10. The molecular weight excluding hydrogens is 356 g/mol. The molecular formula is C20H26N6O2. The number of fused-ring (bicyclic) bond motifs is 1. The monoisotopic (exact) mass is 382 g/mol. The number of pyridine rings is 1. The van der Waals surface area contributed by atoms with E-state index in [0.29, 0.717) is 36.4 Å². The highest BCUT2D eigenvalue weighted by Gasteiger charge is 2.15. The first-order chi connectivity index (χ1) is 13.7. The van der Waals surface area contributed by atoms with Crippen LogP contribution in [0.2, 0.25) is 0 Å². The van der Waals surface area contributed by atoms with E-state index < -0.39 is 0 Å². The van der Waals surface area contributed by atoms with Gasteiger partial charge in [-0.2, -0.15) is 9.97 Å². The van der Waals surface area contributed by atoms with Crippen molar-refractivity contribution in [2.24, 2.45) is 0 Å². The summed E-state index contributed by atoms with van der Waals surface area (Å²) >= 11 is 0. The van der Waals surface area contributed by atoms with Gasteiger partial charge in [0.05, 0.1) is 31.4 Å². The molecule has 8 heteroatoms. The fraction of sp³-hybridized carbons (Fsp3) is 0.400. The fourth-order valence-corrected chi connectivity index (χ4v) is 2.62. The highest BCUT2D eigenvalue weighted by atomic mass is 16.5. The number of unbranched alkanes of at least 4 members (excludes halogenated alkanes) is 1. The van der Waals surface area contributed by atoms with Crippen LogP contribution in [0.4, 0.5) is 11.6 Å². The summed E-state index contributed by atoms with van der Waals surface area (Å²) in [4.78, 5) is 17.9. The zero-order valence-corrected chi connectivity index (χ0v) is 16.4. The van der Waals surface area contributed by atoms with E-state index in [1.54, 1.807) is 18.6 Å². The summed E-state index contributed by atoms with van der Waals surface area (Å²) in [6.07, 6.45) is 8.16. The number of ether oxygens (including phenoxy) is 2. The predicted octanol–water partition coefficient (Wildman–Crippen LogP) is 4.12. The minimum atomic E-state index is 0.435. The molecule has 3 aromatic rings. The quantitative estimate of drug-likeness (QED) is 0.394. The van der Waals surface area contributed by atoms with Gasteiger partial charge in [0.25, 0.3) is 0 Å². The van der Waals surface area contributed by atoms with Crippen molar-refractivity contribution < 1.29 is 9.47 Å². The Kier molecular flexibility index (Phi) is 6.78. The maximum absolute atomic E-state index is 5.83. The number of hydrogen-bond acceptors (Lipinski definition) is 7. The molecule has 0 fully saturated rings. The number of imidazole rings is 1. The van der Waals surface area contributed by atoms with Crippen LogP contribution in [0.25, 0.3) is 11.2 Å². The second kappa shape index (κ2) is 9.68. The Morgan fingerprint density at radius 2 is 2.07 bits per heavy atom. The maximum atomic E-state index is 5.83. The van der Waals surface area contributed by atoms with E-state index in [1.165, 1.54) is 0 Å². The molecule has 0 radical (unpaired) electrons. The Morgan fingerprint density at radius 3 is 2.79 bits per heavy atom. The molecule has 0 aliphatic heterocycles. The van der Waals surface area contributed by atoms with Gasteiger partial charge in [-0.05, 0) is 25.8 Å². The lowest BCUT2D eigenvalue weighted by Crippen LogP contribution is -2.05. The molecule has 0 spiro atoms. The van der Waals surface area contributed by atoms with Crippen LogP contribution in [-0.2, 0) is 6.54 Å². The molecule has 3 heterocycles. The van der Waals surface area contributed by atoms with Crippen LogP contribution < -0.4 is 14.8 Å². The van der Waals surface area contributed by atoms with Crippen molar-refractivity contribution in [3.05, 3.63) is 37.3 Å². The first kappa shape index (κ1) is 19.6. The molecule has 1 N–H and O–H groups in total. The van der Waals surface area contributed by atoms with Crippen molar-refractivity contribution in [3.63, 3.8) is 0 Å². The first-order valence-corrected chi connectivity index (χ1v) is 9.57. The number of nitrogens with one attached hydrogen (secondary N) is 1. The standard InChI is InChI=1S/C20H26N6O2/c1-4-7-11-26-14-22-17-18(26)24-20(25-19(17)28-12-8-5-2)23-15-9-10-16(21-13-15)27-6-3/h5,9-10,13-14H,2,4,6-8,11-12H2,1,3H3,(H,23,24,25). The highest BCUT2D eigenvalue weighted by molar-refractivity contribution is 5.78. The molecule has 0 bridgehead atoms. The van der Waals surface area contributed by atoms with Crippen LogP contribution >= 0.6 is 0 Å². The van der Waals surface area contributed by atoms with Crippen molar-refractivity contribution in [3.8, 4) is 11.8 Å². The van der Waals surface area contributed by atoms with E-state index >= 15 is 0 Å². The second-order valence-corrected chi connectivity index (χ2v) is 6.19. The molecule has 0 aliphatic carbocycles. The largest absolute Gasteiger partial charge is 0.478 e. The normalized spacial score (nSPS) is 10.8. The number of aryl methyl sites for hydroxylation is 1. The SMILES string of the molecule is C=CCCOc1nc(Nc2ccc(OCC)nc2)nc2c1ncn2CCCC. The molecule has 3 aromatic heterocycles. The summed E-state index contributed by atoms with van der Waals surface area (Å²) in [5.74, 6) is 1.48. The van der Waals surface area contributed by atoms with Crippen LogP contribution in [0.3, 0.4) is 0 Å². The minimum Gasteiger partial charge on any atom is -0.478 e. The molecule has 0 saturated heterocycles. The number of anilines is 2. The van der Waals surface area contributed by atoms with Crippen molar-refractivity contribution in [2.75, 3.05) is 18.5 Å². The van der Waals surface area contributed by atoms with Crippen LogP contribution in [0.5, 0.6) is 11.8 Å². The maximum Gasteiger partial charge on any atom is 0.247 e. The highest BCUT2D eigenvalue weighted by Crippen LogP contribution is 2.25. The van der Waals surface area contributed by atoms with Gasteiger partial charge in [-0.3, -0.25) is 0 Å². The minimum absolute atomic E-state index is 0.435. The van der Waals surface area contributed by atoms with Gasteiger partial charge in [-0.1, -0.05) is 19.4 Å². The van der Waals surface area contributed by atoms with Crippen LogP contribution in [0.15, 0.2) is 37.3 Å². The summed E-state index contributed by atoms with van der Waals surface area (Å²) in [7, 11) is 0. The van der Waals surface area contributed by atoms with Crippen molar-refractivity contribution in [2.45, 2.75) is 39.7 Å². The zero-order valence-electron chi connectivity index (χ0n) is 16.4. The smallest absolute Gasteiger partial charge is 0.247 e. The van der Waals surface area contributed by atoms with Gasteiger partial charge >= 0.3 is 0 Å². The fourth-order valence-electron chi connectivity index (χ4n) is 2.62. The number of aromatic nitrogens is 5. The molecule has 3 rings (SSSR count). The van der Waals surface area contributed by atoms with Crippen LogP contribution in [-0.4, -0.2) is 37.7 Å². The first-order valence-electron chi connectivity index (χ1n) is 9.57. The summed E-state index contributed by atoms with van der Waals surface area (Å²) in [5, 5.41) is 3.19. The van der Waals surface area contributed by atoms with Gasteiger partial charge in [0.15, 0.2) is 11.2 Å². The van der Waals surface area contributed by atoms with E-state index in [-0.39, 0.29) is 0 Å². The third kappa shape index (κ3) is 4.76. The molecule has 0 amide bonds. The molecule has 0 aliphatic rings. The molecule has 148 valence electrons. The zero-order chi connectivity index (χ0) is 19.8. The van der Waals surface area contributed by atoms with E-state index in [0.717, 1.165) is 37.1 Å². The lowest BCUT2D eigenvalue weighted by atomic mass is 10.3. The average molecular weight is 382 g/mol. The van der Waals surface area contributed by atoms with Gasteiger partial charge < -0.3 is 19.4 Å². The average Bonchev–Trinajstić information content (AvgIpc) is 3.11. The van der Waals surface area contributed by atoms with Crippen LogP contribution in [0, 0.1) is 0 Å². The lowest BCUT2D eigenvalue weighted by molar-refractivity contribution is 0.316. The third-order valence-corrected chi connectivity index (χ3v) is 4.03. The van der Waals surface area contributed by atoms with Crippen molar-refractivity contribution >= 4 is 22.8 Å². The Balaban J connectivity index is 1.89. The summed E-state index contributed by atoms with van der Waals surface area (Å²) < 4.78 is 13.2. The van der Waals surface area contributed by atoms with E-state index in [2.05, 4.69) is 38.8 Å². The summed E-state index contributed by atoms with van der Waals surface area (Å²) in [6.45, 7) is 9.71. The molecule has 8 nitrogen and oxygen atoms in total. The van der Waals surface area contributed by atoms with E-state index in [9.17, 15) is 0 Å². The molecule has 0 aromatic carbocycles. The Bertz CT molecular complexity index is 907. The van der Waals surface area contributed by atoms with Gasteiger partial charge in [0.1, 0.15) is 0 Å². The molecule has 0 saturated carbocycles. The molecule has 28 heavy (non-hydrogen) atoms. The van der Waals surface area contributed by atoms with Gasteiger partial charge in [-0.25, -0.2) is 9.97 Å². The van der Waals surface area contributed by atoms with Gasteiger partial charge in [-0.15, -0.1) is 6.58 Å². The third-order valence-electron chi connectivity index (χ3n) is 4.03. The van der Waals surface area contributed by atoms with Gasteiger partial charge in [0.2, 0.25) is 17.7 Å². The second-order valence-electron chi connectivity index (χ2n) is 6.19. The number of nitrogens with zero attached hydrogens (tertiary/aromatic N) is 5. The summed E-state index contributed by atoms with van der Waals surface area (Å²) in [5.41, 5.74) is 2.17. The topological polar surface area (TPSA) is 87.0 Å². The van der Waals surface area contributed by atoms with Gasteiger partial charge in [0, 0.05) is 12.6 Å².